The predicted molar refractivity (Wildman–Crippen MR) is 213 cm³/mol. The van der Waals surface area contributed by atoms with Crippen molar-refractivity contribution in [3.8, 4) is 0 Å². The van der Waals surface area contributed by atoms with Gasteiger partial charge < -0.3 is 34.4 Å². The van der Waals surface area contributed by atoms with Gasteiger partial charge in [-0.15, -0.1) is 0 Å². The van der Waals surface area contributed by atoms with Crippen LogP contribution in [0.5, 0.6) is 0 Å². The number of carbonyl (C=O) groups is 2. The van der Waals surface area contributed by atoms with Crippen LogP contribution < -0.4 is 0 Å². The fourth-order valence-electron chi connectivity index (χ4n) is 4.95. The van der Waals surface area contributed by atoms with E-state index in [4.69, 9.17) is 23.8 Å². The highest BCUT2D eigenvalue weighted by atomic mass is 31.2. The van der Waals surface area contributed by atoms with Crippen molar-refractivity contribution in [2.24, 2.45) is 5.92 Å². The summed E-state index contributed by atoms with van der Waals surface area (Å²) in [6.45, 7) is 3.69. The molecule has 0 aromatic carbocycles. The van der Waals surface area contributed by atoms with Crippen LogP contribution in [0.4, 0.5) is 0 Å². The van der Waals surface area contributed by atoms with Crippen LogP contribution in [0.2, 0.25) is 0 Å². The van der Waals surface area contributed by atoms with Crippen molar-refractivity contribution in [2.75, 3.05) is 26.4 Å². The molecule has 0 aliphatic rings. The van der Waals surface area contributed by atoms with Crippen molar-refractivity contribution in [3.05, 3.63) is 48.6 Å². The van der Waals surface area contributed by atoms with Crippen LogP contribution in [0.15, 0.2) is 48.6 Å². The summed E-state index contributed by atoms with van der Waals surface area (Å²) in [5.74, 6) is -0.418. The van der Waals surface area contributed by atoms with Gasteiger partial charge in [0, 0.05) is 12.8 Å². The molecule has 0 radical (unpaired) electrons. The van der Waals surface area contributed by atoms with Crippen molar-refractivity contribution < 1.29 is 66.7 Å². The summed E-state index contributed by atoms with van der Waals surface area (Å²) in [6.07, 6.45) is 27.9. The number of aliphatic hydroxyl groups is 2. The van der Waals surface area contributed by atoms with E-state index < -0.39 is 66.2 Å². The molecule has 5 N–H and O–H groups in total. The summed E-state index contributed by atoms with van der Waals surface area (Å²) >= 11 is 0. The molecule has 0 heterocycles. The largest absolute Gasteiger partial charge is 0.472 e. The van der Waals surface area contributed by atoms with E-state index in [0.717, 1.165) is 57.8 Å². The van der Waals surface area contributed by atoms with E-state index in [1.54, 1.807) is 0 Å². The molecule has 0 aromatic heterocycles. The van der Waals surface area contributed by atoms with Gasteiger partial charge in [0.05, 0.1) is 25.9 Å². The van der Waals surface area contributed by atoms with Gasteiger partial charge in [0.1, 0.15) is 12.7 Å². The molecule has 0 saturated heterocycles. The number of rotatable bonds is 36. The first-order chi connectivity index (χ1) is 26.1. The lowest BCUT2D eigenvalue weighted by molar-refractivity contribution is -0.161. The van der Waals surface area contributed by atoms with E-state index in [-0.39, 0.29) is 18.9 Å². The molecular weight excluding hydrogens is 754 g/mol. The van der Waals surface area contributed by atoms with Crippen LogP contribution in [0, 0.1) is 5.92 Å². The Hall–Kier alpha value is -1.96. The third-order valence-electron chi connectivity index (χ3n) is 7.94. The van der Waals surface area contributed by atoms with Gasteiger partial charge in [0.25, 0.3) is 0 Å². The van der Waals surface area contributed by atoms with Crippen LogP contribution in [-0.4, -0.2) is 81.6 Å². The number of hydrogen-bond donors (Lipinski definition) is 5. The molecule has 0 bridgehead atoms. The standard InChI is InChI=1S/C39H70O14P2/c1-4-25-35(40)27-22-18-14-10-8-6-5-7-9-11-15-19-23-28-38(42)49-32-37(33-52-55(47,48)51-31-36(41)30-50-54(44,45)46)53-39(43)29-24-20-16-12-13-17-21-26-34(2)3/h5,7-8,10-11,15,18,22,34-37,40-41H,4,6,9,12-14,16-17,19-21,23-33H2,1-3H3,(H,47,48)(H2,44,45,46)/b7-5-,10-8-,15-11-,22-18-/t35?,36-,37+/m0/s1. The Balaban J connectivity index is 4.65. The van der Waals surface area contributed by atoms with Gasteiger partial charge in [-0.3, -0.25) is 23.2 Å². The van der Waals surface area contributed by atoms with Crippen LogP contribution in [0.25, 0.3) is 0 Å². The first kappa shape index (κ1) is 53.0. The van der Waals surface area contributed by atoms with Crippen molar-refractivity contribution in [1.82, 2.24) is 0 Å². The molecule has 0 saturated carbocycles. The minimum atomic E-state index is -4.87. The van der Waals surface area contributed by atoms with Gasteiger partial charge in [0.2, 0.25) is 0 Å². The number of ether oxygens (including phenoxy) is 2. The van der Waals surface area contributed by atoms with Gasteiger partial charge in [-0.2, -0.15) is 0 Å². The molecule has 0 rings (SSSR count). The van der Waals surface area contributed by atoms with Gasteiger partial charge in [-0.1, -0.05) is 121 Å². The minimum absolute atomic E-state index is 0.103. The summed E-state index contributed by atoms with van der Waals surface area (Å²) in [7, 11) is -9.69. The van der Waals surface area contributed by atoms with E-state index in [1.165, 1.54) is 19.3 Å². The number of unbranched alkanes of at least 4 members (excludes halogenated alkanes) is 7. The second-order valence-electron chi connectivity index (χ2n) is 13.9. The molecule has 0 aliphatic heterocycles. The number of phosphoric acid groups is 2. The lowest BCUT2D eigenvalue weighted by atomic mass is 10.0. The molecule has 320 valence electrons. The van der Waals surface area contributed by atoms with Gasteiger partial charge in [-0.05, 0) is 57.3 Å². The monoisotopic (exact) mass is 824 g/mol. The molecule has 0 fully saturated rings. The van der Waals surface area contributed by atoms with E-state index in [0.29, 0.717) is 31.6 Å². The molecule has 14 nitrogen and oxygen atoms in total. The Kier molecular flexibility index (Phi) is 32.9. The fraction of sp³-hybridized carbons (Fsp3) is 0.744. The molecule has 55 heavy (non-hydrogen) atoms. The average Bonchev–Trinajstić information content (AvgIpc) is 3.11. The Morgan fingerprint density at radius 2 is 1.13 bits per heavy atom. The Labute approximate surface area is 329 Å². The number of carbonyl (C=O) groups excluding carboxylic acids is 2. The number of hydrogen-bond acceptors (Lipinski definition) is 11. The number of esters is 2. The highest BCUT2D eigenvalue weighted by molar-refractivity contribution is 7.47. The molecule has 4 atom stereocenters. The maximum Gasteiger partial charge on any atom is 0.472 e. The number of allylic oxidation sites excluding steroid dienone is 7. The molecule has 0 aliphatic carbocycles. The number of phosphoric ester groups is 2. The van der Waals surface area contributed by atoms with Crippen LogP contribution in [0.1, 0.15) is 136 Å². The van der Waals surface area contributed by atoms with Gasteiger partial charge >= 0.3 is 27.6 Å². The van der Waals surface area contributed by atoms with Crippen molar-refractivity contribution in [3.63, 3.8) is 0 Å². The van der Waals surface area contributed by atoms with Gasteiger partial charge in [-0.25, -0.2) is 9.13 Å². The maximum absolute atomic E-state index is 12.6. The lowest BCUT2D eigenvalue weighted by Gasteiger charge is -2.20. The zero-order valence-corrected chi connectivity index (χ0v) is 35.1. The maximum atomic E-state index is 12.6. The lowest BCUT2D eigenvalue weighted by Crippen LogP contribution is -2.30. The summed E-state index contributed by atoms with van der Waals surface area (Å²) in [5.41, 5.74) is 0. The molecule has 0 spiro atoms. The normalized spacial score (nSPS) is 15.4. The molecular formula is C39H70O14P2. The van der Waals surface area contributed by atoms with Crippen molar-refractivity contribution >= 4 is 27.6 Å². The summed E-state index contributed by atoms with van der Waals surface area (Å²) in [4.78, 5) is 52.4. The Morgan fingerprint density at radius 1 is 0.600 bits per heavy atom. The van der Waals surface area contributed by atoms with E-state index in [9.17, 15) is 33.8 Å². The Bertz CT molecular complexity index is 1200. The first-order valence-electron chi connectivity index (χ1n) is 19.8. The quantitative estimate of drug-likeness (QED) is 0.0174. The van der Waals surface area contributed by atoms with Crippen LogP contribution in [0.3, 0.4) is 0 Å². The SMILES string of the molecule is CCCC(O)C/C=C\C/C=C\C/C=C\C/C=C\CCCC(=O)OC[C@H](COP(=O)(O)OC[C@@H](O)COP(=O)(O)O)OC(=O)CCCCCCCCCC(C)C. The smallest absolute Gasteiger partial charge is 0.462 e. The van der Waals surface area contributed by atoms with E-state index in [1.807, 2.05) is 18.2 Å². The first-order valence-corrected chi connectivity index (χ1v) is 22.8. The van der Waals surface area contributed by atoms with Gasteiger partial charge in [0.15, 0.2) is 6.10 Å². The average molecular weight is 825 g/mol. The molecule has 0 amide bonds. The minimum Gasteiger partial charge on any atom is -0.462 e. The van der Waals surface area contributed by atoms with E-state index >= 15 is 0 Å². The van der Waals surface area contributed by atoms with Crippen molar-refractivity contribution in [1.29, 1.82) is 0 Å². The number of aliphatic hydroxyl groups excluding tert-OH is 2. The predicted octanol–water partition coefficient (Wildman–Crippen LogP) is 8.33. The highest BCUT2D eigenvalue weighted by Crippen LogP contribution is 2.43. The summed E-state index contributed by atoms with van der Waals surface area (Å²) in [6, 6.07) is 0. The zero-order chi connectivity index (χ0) is 41.2. The second kappa shape index (κ2) is 34.1. The fourth-order valence-corrected chi connectivity index (χ4v) is 6.11. The zero-order valence-electron chi connectivity index (χ0n) is 33.3. The van der Waals surface area contributed by atoms with Crippen molar-refractivity contribution in [2.45, 2.75) is 155 Å². The van der Waals surface area contributed by atoms with Crippen LogP contribution >= 0.6 is 15.6 Å². The molecule has 0 aromatic rings. The molecule has 16 heteroatoms. The summed E-state index contributed by atoms with van der Waals surface area (Å²) < 4.78 is 47.5. The second-order valence-corrected chi connectivity index (χ2v) is 16.6. The summed E-state index contributed by atoms with van der Waals surface area (Å²) in [5, 5.41) is 19.4. The third-order valence-corrected chi connectivity index (χ3v) is 9.38. The van der Waals surface area contributed by atoms with E-state index in [2.05, 4.69) is 60.2 Å². The topological polar surface area (TPSA) is 216 Å². The third kappa shape index (κ3) is 38.7. The Morgan fingerprint density at radius 3 is 1.73 bits per heavy atom. The molecule has 2 unspecified atom stereocenters. The highest BCUT2D eigenvalue weighted by Gasteiger charge is 2.28. The van der Waals surface area contributed by atoms with Crippen LogP contribution in [-0.2, 0) is 41.8 Å².